The average molecular weight is 759 g/mol. The molecule has 3 saturated carbocycles. The Balaban J connectivity index is 1.34. The van der Waals surface area contributed by atoms with Gasteiger partial charge in [0.15, 0.2) is 28.2 Å². The van der Waals surface area contributed by atoms with Crippen LogP contribution in [0.3, 0.4) is 0 Å². The summed E-state index contributed by atoms with van der Waals surface area (Å²) >= 11 is 0. The number of carbonyl (C=O) groups excluding carboxylic acids is 1. The number of carboxylic acid groups (broad SMARTS) is 1. The van der Waals surface area contributed by atoms with Gasteiger partial charge in [-0.05, 0) is 91.3 Å². The van der Waals surface area contributed by atoms with Crippen LogP contribution in [0.4, 0.5) is 32.0 Å². The largest absolute Gasteiger partial charge is 0.488 e. The molecule has 53 heavy (non-hydrogen) atoms. The number of benzene rings is 4. The van der Waals surface area contributed by atoms with E-state index >= 15 is 8.78 Å². The van der Waals surface area contributed by atoms with Crippen molar-refractivity contribution >= 4 is 27.6 Å². The van der Waals surface area contributed by atoms with Gasteiger partial charge in [0.25, 0.3) is 0 Å². The number of carboxylic acids is 1. The van der Waals surface area contributed by atoms with Gasteiger partial charge in [0.05, 0.1) is 30.4 Å². The molecular weight excluding hydrogens is 726 g/mol. The zero-order valence-electron chi connectivity index (χ0n) is 27.9. The topological polar surface area (TPSA) is 104 Å². The molecule has 8 nitrogen and oxygen atoms in total. The Morgan fingerprint density at radius 2 is 1.32 bits per heavy atom. The minimum Gasteiger partial charge on any atom is -0.488 e. The fourth-order valence-corrected chi connectivity index (χ4v) is 7.66. The molecule has 7 rings (SSSR count). The van der Waals surface area contributed by atoms with Crippen LogP contribution in [0.5, 0.6) is 5.75 Å². The third-order valence-corrected chi connectivity index (χ3v) is 11.3. The molecule has 15 heteroatoms. The van der Waals surface area contributed by atoms with Crippen molar-refractivity contribution in [3.8, 4) is 5.75 Å². The molecule has 1 N–H and O–H groups in total. The van der Waals surface area contributed by atoms with Crippen molar-refractivity contribution < 1.29 is 54.2 Å². The summed E-state index contributed by atoms with van der Waals surface area (Å²) in [5.74, 6) is -15.6. The monoisotopic (exact) mass is 758 g/mol. The predicted molar refractivity (Wildman–Crippen MR) is 179 cm³/mol. The van der Waals surface area contributed by atoms with E-state index in [9.17, 15) is 40.7 Å². The highest BCUT2D eigenvalue weighted by Crippen LogP contribution is 2.46. The number of hydrogen-bond acceptors (Lipinski definition) is 5. The van der Waals surface area contributed by atoms with E-state index in [0.717, 1.165) is 53.8 Å². The quantitative estimate of drug-likeness (QED) is 0.0796. The number of ether oxygens (including phenoxy) is 1. The molecule has 278 valence electrons. The van der Waals surface area contributed by atoms with E-state index in [1.165, 1.54) is 30.3 Å². The summed E-state index contributed by atoms with van der Waals surface area (Å²) in [7, 11) is -5.77. The number of halogens is 6. The first kappa shape index (κ1) is 36.5. The summed E-state index contributed by atoms with van der Waals surface area (Å²) in [5, 5.41) is 9.71. The summed E-state index contributed by atoms with van der Waals surface area (Å²) in [6.07, 6.45) is 4.92. The van der Waals surface area contributed by atoms with Gasteiger partial charge >= 0.3 is 5.97 Å². The molecule has 0 aliphatic heterocycles. The number of amides is 1. The van der Waals surface area contributed by atoms with Crippen molar-refractivity contribution in [3.05, 3.63) is 123 Å². The number of nitrogens with zero attached hydrogens (tertiary/aromatic N) is 2. The fraction of sp³-hybridized carbons (Fsp3) is 0.316. The molecule has 3 fully saturated rings. The fourth-order valence-electron chi connectivity index (χ4n) is 6.18. The summed E-state index contributed by atoms with van der Waals surface area (Å²) < 4.78 is 122. The van der Waals surface area contributed by atoms with Gasteiger partial charge in [0.2, 0.25) is 21.7 Å². The summed E-state index contributed by atoms with van der Waals surface area (Å²) in [6, 6.07) is 14.4. The van der Waals surface area contributed by atoms with Crippen molar-refractivity contribution in [1.82, 2.24) is 4.31 Å². The number of anilines is 1. The summed E-state index contributed by atoms with van der Waals surface area (Å²) in [5.41, 5.74) is 2.27. The van der Waals surface area contributed by atoms with Crippen molar-refractivity contribution in [2.75, 3.05) is 11.4 Å². The maximum atomic E-state index is 15.1. The summed E-state index contributed by atoms with van der Waals surface area (Å²) in [6.45, 7) is -2.51. The Morgan fingerprint density at radius 3 is 1.87 bits per heavy atom. The van der Waals surface area contributed by atoms with Crippen LogP contribution >= 0.6 is 0 Å². The molecule has 1 amide bonds. The SMILES string of the molecule is O=C(O)c1ccc(N(Cc2cc(C3CC3)cc(C3CC3)c2)C(=O)CN(Cc2ccccc2F)S(=O)(=O)c2c(F)c(F)c(F)c(F)c2F)c(OC2CC2)c1. The van der Waals surface area contributed by atoms with Crippen LogP contribution in [0, 0.1) is 34.9 Å². The second kappa shape index (κ2) is 14.2. The Bertz CT molecular complexity index is 2180. The van der Waals surface area contributed by atoms with E-state index in [1.54, 1.807) is 0 Å². The zero-order chi connectivity index (χ0) is 37.8. The Morgan fingerprint density at radius 1 is 0.736 bits per heavy atom. The highest BCUT2D eigenvalue weighted by Gasteiger charge is 2.40. The highest BCUT2D eigenvalue weighted by atomic mass is 32.2. The lowest BCUT2D eigenvalue weighted by Crippen LogP contribution is -2.43. The molecule has 4 aromatic carbocycles. The molecule has 0 radical (unpaired) electrons. The van der Waals surface area contributed by atoms with E-state index in [4.69, 9.17) is 4.74 Å². The van der Waals surface area contributed by atoms with Crippen LogP contribution in [0.2, 0.25) is 0 Å². The highest BCUT2D eigenvalue weighted by molar-refractivity contribution is 7.89. The lowest BCUT2D eigenvalue weighted by atomic mass is 9.99. The van der Waals surface area contributed by atoms with Gasteiger partial charge in [-0.15, -0.1) is 0 Å². The van der Waals surface area contributed by atoms with Gasteiger partial charge in [-0.25, -0.2) is 39.6 Å². The molecule has 3 aliphatic carbocycles. The normalized spacial score (nSPS) is 15.8. The summed E-state index contributed by atoms with van der Waals surface area (Å²) in [4.78, 5) is 25.4. The smallest absolute Gasteiger partial charge is 0.335 e. The molecule has 0 bridgehead atoms. The van der Waals surface area contributed by atoms with Crippen molar-refractivity contribution in [2.45, 2.75) is 74.4 Å². The first-order chi connectivity index (χ1) is 25.2. The Hall–Kier alpha value is -4.89. The van der Waals surface area contributed by atoms with Crippen LogP contribution in [0.1, 0.15) is 83.0 Å². The van der Waals surface area contributed by atoms with Crippen LogP contribution in [-0.2, 0) is 27.9 Å². The molecular formula is C38H32F6N2O6S. The average Bonchev–Trinajstić information content (AvgIpc) is 3.95. The van der Waals surface area contributed by atoms with Crippen LogP contribution in [-0.4, -0.2) is 42.4 Å². The van der Waals surface area contributed by atoms with Gasteiger partial charge in [-0.1, -0.05) is 36.4 Å². The van der Waals surface area contributed by atoms with Gasteiger partial charge in [0, 0.05) is 12.1 Å². The minimum absolute atomic E-state index is 0.00945. The van der Waals surface area contributed by atoms with Gasteiger partial charge in [0.1, 0.15) is 11.6 Å². The Kier molecular flexibility index (Phi) is 9.74. The Labute approximate surface area is 300 Å². The van der Waals surface area contributed by atoms with E-state index in [-0.39, 0.29) is 39.5 Å². The van der Waals surface area contributed by atoms with Gasteiger partial charge in [-0.2, -0.15) is 4.31 Å². The van der Waals surface area contributed by atoms with Crippen molar-refractivity contribution in [1.29, 1.82) is 0 Å². The third-order valence-electron chi connectivity index (χ3n) is 9.48. The molecule has 0 saturated heterocycles. The lowest BCUT2D eigenvalue weighted by molar-refractivity contribution is -0.119. The van der Waals surface area contributed by atoms with Crippen LogP contribution < -0.4 is 9.64 Å². The molecule has 0 heterocycles. The predicted octanol–water partition coefficient (Wildman–Crippen LogP) is 7.94. The van der Waals surface area contributed by atoms with Gasteiger partial charge in [-0.3, -0.25) is 4.79 Å². The number of sulfonamides is 1. The van der Waals surface area contributed by atoms with E-state index in [2.05, 4.69) is 6.07 Å². The number of carbonyl (C=O) groups is 2. The maximum Gasteiger partial charge on any atom is 0.335 e. The molecule has 4 aromatic rings. The third kappa shape index (κ3) is 7.63. The maximum absolute atomic E-state index is 15.1. The number of aromatic carboxylic acids is 1. The standard InChI is InChI=1S/C38H32F6N2O6S/c39-28-4-2-1-3-24(28)18-45(53(50,51)37-35(43)33(41)32(40)34(42)36(37)44)19-31(47)46(29-12-9-23(38(48)49)16-30(29)52-27-10-11-27)17-20-13-25(21-5-6-21)15-26(14-20)22-7-8-22/h1-4,9,12-16,21-22,27H,5-8,10-11,17-19H2,(H,48,49). The van der Waals surface area contributed by atoms with Crippen LogP contribution in [0.25, 0.3) is 0 Å². The molecule has 0 atom stereocenters. The number of hydrogen-bond donors (Lipinski definition) is 1. The van der Waals surface area contributed by atoms with Crippen molar-refractivity contribution in [3.63, 3.8) is 0 Å². The molecule has 0 aromatic heterocycles. The molecule has 0 spiro atoms. The van der Waals surface area contributed by atoms with E-state index < -0.39 is 74.8 Å². The minimum atomic E-state index is -5.77. The second-order valence-corrected chi connectivity index (χ2v) is 15.5. The zero-order valence-corrected chi connectivity index (χ0v) is 28.7. The van der Waals surface area contributed by atoms with E-state index in [1.807, 2.05) is 12.1 Å². The van der Waals surface area contributed by atoms with Crippen LogP contribution in [0.15, 0.2) is 65.6 Å². The second-order valence-electron chi connectivity index (χ2n) is 13.6. The molecule has 3 aliphatic rings. The number of rotatable bonds is 14. The first-order valence-corrected chi connectivity index (χ1v) is 18.4. The first-order valence-electron chi connectivity index (χ1n) is 17.0. The van der Waals surface area contributed by atoms with Gasteiger partial charge < -0.3 is 14.7 Å². The lowest BCUT2D eigenvalue weighted by Gasteiger charge is -2.29. The van der Waals surface area contributed by atoms with Crippen molar-refractivity contribution in [2.24, 2.45) is 0 Å². The molecule has 0 unspecified atom stereocenters. The van der Waals surface area contributed by atoms with E-state index in [0.29, 0.717) is 30.2 Å².